The zero-order valence-corrected chi connectivity index (χ0v) is 22.5. The minimum absolute atomic E-state index is 0.0490. The van der Waals surface area contributed by atoms with E-state index in [1.54, 1.807) is 24.3 Å². The number of ether oxygens (including phenoxy) is 3. The number of amides is 2. The molecule has 0 aliphatic rings. The molecule has 4 N–H and O–H groups in total. The van der Waals surface area contributed by atoms with E-state index in [-0.39, 0.29) is 16.0 Å². The Bertz CT molecular complexity index is 954. The quantitative estimate of drug-likeness (QED) is 0.295. The molecule has 1 aromatic carbocycles. The predicted octanol–water partition coefficient (Wildman–Crippen LogP) is 4.56. The molecule has 0 atom stereocenters. The number of carbonyl (C=O) groups is 2. The molecule has 2 aromatic rings. The Labute approximate surface area is 224 Å². The number of rotatable bonds is 4. The molecule has 0 aliphatic carbocycles. The number of thiocarbonyl (C=S) groups is 2. The van der Waals surface area contributed by atoms with Crippen molar-refractivity contribution in [2.24, 2.45) is 0 Å². The van der Waals surface area contributed by atoms with Gasteiger partial charge >= 0.3 is 12.2 Å². The lowest BCUT2D eigenvalue weighted by molar-refractivity contribution is 0.176. The number of anilines is 2. The first kappa shape index (κ1) is 29.8. The SMILES string of the molecule is CCOc1nc(C(Cl)(Cl)Cl)ns1.COC(=O)NC(=S)Nc1ccccc1NC(=S)NC(=O)OC. The summed E-state index contributed by atoms with van der Waals surface area (Å²) in [5.74, 6) is 0.154. The number of aromatic nitrogens is 2. The van der Waals surface area contributed by atoms with Crippen LogP contribution >= 0.6 is 70.8 Å². The highest BCUT2D eigenvalue weighted by Gasteiger charge is 2.28. The zero-order valence-electron chi connectivity index (χ0n) is 17.8. The van der Waals surface area contributed by atoms with Crippen LogP contribution in [0.2, 0.25) is 0 Å². The highest BCUT2D eigenvalue weighted by molar-refractivity contribution is 7.80. The number of alkyl carbamates (subject to hydrolysis) is 2. The topological polar surface area (TPSA) is 136 Å². The van der Waals surface area contributed by atoms with Gasteiger partial charge in [-0.15, -0.1) is 0 Å². The fourth-order valence-corrected chi connectivity index (χ4v) is 3.23. The van der Waals surface area contributed by atoms with Crippen LogP contribution in [0, 0.1) is 0 Å². The Morgan fingerprint density at radius 1 is 1.00 bits per heavy atom. The van der Waals surface area contributed by atoms with Gasteiger partial charge in [0, 0.05) is 11.5 Å². The van der Waals surface area contributed by atoms with Crippen molar-refractivity contribution in [3.8, 4) is 5.19 Å². The van der Waals surface area contributed by atoms with Crippen LogP contribution in [0.15, 0.2) is 24.3 Å². The number of nitrogens with zero attached hydrogens (tertiary/aromatic N) is 2. The number of hydrogen-bond acceptors (Lipinski definition) is 10. The number of para-hydroxylation sites is 2. The van der Waals surface area contributed by atoms with Gasteiger partial charge in [-0.1, -0.05) is 46.9 Å². The van der Waals surface area contributed by atoms with Gasteiger partial charge in [0.05, 0.1) is 32.2 Å². The molecule has 1 heterocycles. The highest BCUT2D eigenvalue weighted by atomic mass is 35.6. The van der Waals surface area contributed by atoms with E-state index in [4.69, 9.17) is 64.0 Å². The molecule has 2 amide bonds. The smallest absolute Gasteiger partial charge is 0.413 e. The molecule has 186 valence electrons. The molecule has 0 saturated carbocycles. The van der Waals surface area contributed by atoms with Gasteiger partial charge in [0.2, 0.25) is 0 Å². The number of alkyl halides is 3. The minimum Gasteiger partial charge on any atom is -0.469 e. The van der Waals surface area contributed by atoms with E-state index >= 15 is 0 Å². The Hall–Kier alpha value is -2.23. The molecule has 34 heavy (non-hydrogen) atoms. The summed E-state index contributed by atoms with van der Waals surface area (Å²) < 4.78 is 16.2. The Morgan fingerprint density at radius 3 is 1.82 bits per heavy atom. The molecule has 0 spiro atoms. The third kappa shape index (κ3) is 11.3. The molecule has 1 aromatic heterocycles. The van der Waals surface area contributed by atoms with Crippen molar-refractivity contribution in [2.45, 2.75) is 10.7 Å². The monoisotopic (exact) mass is 588 g/mol. The number of hydrogen-bond donors (Lipinski definition) is 4. The molecular formula is C17H19Cl3N6O5S3. The van der Waals surface area contributed by atoms with Crippen LogP contribution in [0.25, 0.3) is 0 Å². The lowest BCUT2D eigenvalue weighted by Gasteiger charge is -2.15. The van der Waals surface area contributed by atoms with Crippen LogP contribution in [-0.4, -0.2) is 52.6 Å². The first-order valence-electron chi connectivity index (χ1n) is 8.94. The van der Waals surface area contributed by atoms with Gasteiger partial charge < -0.3 is 24.8 Å². The summed E-state index contributed by atoms with van der Waals surface area (Å²) in [4.78, 5) is 26.0. The number of methoxy groups -OCH3 is 2. The number of carbonyl (C=O) groups excluding carboxylic acids is 2. The molecule has 0 aliphatic heterocycles. The molecule has 0 bridgehead atoms. The van der Waals surface area contributed by atoms with Crippen LogP contribution in [0.1, 0.15) is 12.7 Å². The summed E-state index contributed by atoms with van der Waals surface area (Å²) in [5.41, 5.74) is 1.08. The molecule has 0 saturated heterocycles. The summed E-state index contributed by atoms with van der Waals surface area (Å²) in [6, 6.07) is 6.92. The van der Waals surface area contributed by atoms with Crippen molar-refractivity contribution >= 4 is 105 Å². The second-order valence-electron chi connectivity index (χ2n) is 5.50. The maximum absolute atomic E-state index is 11.1. The lowest BCUT2D eigenvalue weighted by atomic mass is 10.2. The normalized spacial score (nSPS) is 10.1. The van der Waals surface area contributed by atoms with Crippen LogP contribution in [0.4, 0.5) is 21.0 Å². The molecule has 0 radical (unpaired) electrons. The standard InChI is InChI=1S/C12H14N4O4S2.C5H5Cl3N2OS/c1-19-11(17)15-9(21)13-7-5-3-4-6-8(7)14-10(22)16-12(18)20-2;1-2-11-4-9-3(10-12-4)5(6,7)8/h3-6H,1-2H3,(H2,13,15,17,21)(H2,14,16,18,22);2H2,1H3. The maximum Gasteiger partial charge on any atom is 0.413 e. The largest absolute Gasteiger partial charge is 0.469 e. The van der Waals surface area contributed by atoms with Crippen LogP contribution < -0.4 is 26.0 Å². The van der Waals surface area contributed by atoms with E-state index in [1.165, 1.54) is 14.2 Å². The van der Waals surface area contributed by atoms with E-state index < -0.39 is 16.0 Å². The van der Waals surface area contributed by atoms with Crippen molar-refractivity contribution in [1.29, 1.82) is 0 Å². The van der Waals surface area contributed by atoms with Crippen molar-refractivity contribution in [3.05, 3.63) is 30.1 Å². The van der Waals surface area contributed by atoms with E-state index in [0.717, 1.165) is 11.5 Å². The third-order valence-electron chi connectivity index (χ3n) is 3.15. The minimum atomic E-state index is -1.56. The van der Waals surface area contributed by atoms with Crippen molar-refractivity contribution in [2.75, 3.05) is 31.5 Å². The molecule has 0 fully saturated rings. The Morgan fingerprint density at radius 2 is 1.47 bits per heavy atom. The molecular weight excluding hydrogens is 571 g/mol. The van der Waals surface area contributed by atoms with E-state index in [2.05, 4.69) is 40.1 Å². The van der Waals surface area contributed by atoms with Gasteiger partial charge in [0.15, 0.2) is 16.0 Å². The van der Waals surface area contributed by atoms with Crippen molar-refractivity contribution < 1.29 is 23.8 Å². The van der Waals surface area contributed by atoms with Gasteiger partial charge in [-0.05, 0) is 43.5 Å². The van der Waals surface area contributed by atoms with E-state index in [0.29, 0.717) is 23.2 Å². The van der Waals surface area contributed by atoms with Crippen LogP contribution in [-0.2, 0) is 13.3 Å². The van der Waals surface area contributed by atoms with E-state index in [9.17, 15) is 9.59 Å². The highest BCUT2D eigenvalue weighted by Crippen LogP contribution is 2.37. The van der Waals surface area contributed by atoms with E-state index in [1.807, 2.05) is 6.92 Å². The first-order chi connectivity index (χ1) is 16.0. The Balaban J connectivity index is 0.000000404. The average Bonchev–Trinajstić information content (AvgIpc) is 3.25. The molecule has 0 unspecified atom stereocenters. The summed E-state index contributed by atoms with van der Waals surface area (Å²) in [6.45, 7) is 2.37. The van der Waals surface area contributed by atoms with Gasteiger partial charge in [-0.3, -0.25) is 10.6 Å². The van der Waals surface area contributed by atoms with Crippen LogP contribution in [0.3, 0.4) is 0 Å². The van der Waals surface area contributed by atoms with Gasteiger partial charge in [-0.25, -0.2) is 9.59 Å². The molecule has 11 nitrogen and oxygen atoms in total. The lowest BCUT2D eigenvalue weighted by Crippen LogP contribution is -2.35. The number of halogens is 3. The summed E-state index contributed by atoms with van der Waals surface area (Å²) in [6.07, 6.45) is -1.38. The fourth-order valence-electron chi connectivity index (χ4n) is 1.80. The fraction of sp³-hybridized carbons (Fsp3) is 0.294. The second-order valence-corrected chi connectivity index (χ2v) is 9.31. The molecule has 2 rings (SSSR count). The predicted molar refractivity (Wildman–Crippen MR) is 140 cm³/mol. The summed E-state index contributed by atoms with van der Waals surface area (Å²) in [5, 5.41) is 10.7. The second kappa shape index (κ2) is 14.9. The number of benzene rings is 1. The summed E-state index contributed by atoms with van der Waals surface area (Å²) >= 11 is 27.6. The average molecular weight is 590 g/mol. The third-order valence-corrected chi connectivity index (χ3v) is 4.70. The van der Waals surface area contributed by atoms with Crippen molar-refractivity contribution in [1.82, 2.24) is 20.0 Å². The summed E-state index contributed by atoms with van der Waals surface area (Å²) in [7, 11) is 2.45. The van der Waals surface area contributed by atoms with Gasteiger partial charge in [0.25, 0.3) is 8.99 Å². The van der Waals surface area contributed by atoms with Crippen molar-refractivity contribution in [3.63, 3.8) is 0 Å². The Kier molecular flexibility index (Phi) is 13.1. The maximum atomic E-state index is 11.1. The molecule has 17 heteroatoms. The van der Waals surface area contributed by atoms with Gasteiger partial charge in [0.1, 0.15) is 0 Å². The first-order valence-corrected chi connectivity index (χ1v) is 11.7. The van der Waals surface area contributed by atoms with Crippen LogP contribution in [0.5, 0.6) is 5.19 Å². The van der Waals surface area contributed by atoms with Gasteiger partial charge in [-0.2, -0.15) is 9.36 Å². The number of nitrogens with one attached hydrogen (secondary N) is 4. The zero-order chi connectivity index (χ0) is 25.7.